The van der Waals surface area contributed by atoms with Gasteiger partial charge >= 0.3 is 0 Å². The summed E-state index contributed by atoms with van der Waals surface area (Å²) < 4.78 is 4.92. The Kier molecular flexibility index (Phi) is 3.01. The number of rotatable bonds is 3. The molecule has 0 saturated heterocycles. The van der Waals surface area contributed by atoms with Crippen molar-refractivity contribution in [2.75, 3.05) is 7.11 Å². The molecule has 0 spiro atoms. The van der Waals surface area contributed by atoms with Gasteiger partial charge in [0.05, 0.1) is 18.0 Å². The molecule has 0 aliphatic carbocycles. The summed E-state index contributed by atoms with van der Waals surface area (Å²) in [4.78, 5) is 4.23. The van der Waals surface area contributed by atoms with E-state index in [1.54, 1.807) is 7.11 Å². The number of methoxy groups -OCH3 is 1. The monoisotopic (exact) mass is 152 g/mol. The molecule has 1 aromatic rings. The highest BCUT2D eigenvalue weighted by molar-refractivity contribution is 5.10. The van der Waals surface area contributed by atoms with Gasteiger partial charge in [0.2, 0.25) is 0 Å². The number of nitrogens with two attached hydrogens (primary N) is 1. The fourth-order valence-electron chi connectivity index (χ4n) is 0.871. The van der Waals surface area contributed by atoms with E-state index >= 15 is 0 Å². The molecule has 0 unspecified atom stereocenters. The average Bonchev–Trinajstić information content (AvgIpc) is 2.06. The van der Waals surface area contributed by atoms with Crippen molar-refractivity contribution in [3.05, 3.63) is 29.6 Å². The maximum Gasteiger partial charge on any atom is 0.0884 e. The Labute approximate surface area is 66.2 Å². The largest absolute Gasteiger partial charge is 0.378 e. The first-order valence-electron chi connectivity index (χ1n) is 3.50. The molecule has 3 nitrogen and oxygen atoms in total. The van der Waals surface area contributed by atoms with E-state index in [1.165, 1.54) is 0 Å². The van der Waals surface area contributed by atoms with E-state index in [2.05, 4.69) is 4.98 Å². The van der Waals surface area contributed by atoms with E-state index in [9.17, 15) is 0 Å². The molecule has 0 saturated carbocycles. The van der Waals surface area contributed by atoms with Crippen molar-refractivity contribution in [2.24, 2.45) is 5.73 Å². The highest BCUT2D eigenvalue weighted by Gasteiger charge is 1.93. The van der Waals surface area contributed by atoms with Gasteiger partial charge in [-0.25, -0.2) is 0 Å². The van der Waals surface area contributed by atoms with Crippen molar-refractivity contribution < 1.29 is 4.74 Å². The Morgan fingerprint density at radius 2 is 2.18 bits per heavy atom. The first-order valence-corrected chi connectivity index (χ1v) is 3.50. The number of aromatic nitrogens is 1. The molecule has 0 radical (unpaired) electrons. The lowest BCUT2D eigenvalue weighted by Crippen LogP contribution is -2.01. The van der Waals surface area contributed by atoms with E-state index in [-0.39, 0.29) is 0 Å². The molecular weight excluding hydrogens is 140 g/mol. The van der Waals surface area contributed by atoms with Crippen molar-refractivity contribution in [1.29, 1.82) is 0 Å². The third-order valence-electron chi connectivity index (χ3n) is 1.37. The van der Waals surface area contributed by atoms with Crippen LogP contribution in [0.5, 0.6) is 0 Å². The zero-order valence-electron chi connectivity index (χ0n) is 6.58. The van der Waals surface area contributed by atoms with Gasteiger partial charge in [0.25, 0.3) is 0 Å². The molecule has 11 heavy (non-hydrogen) atoms. The van der Waals surface area contributed by atoms with E-state index in [4.69, 9.17) is 10.5 Å². The summed E-state index contributed by atoms with van der Waals surface area (Å²) in [7, 11) is 1.65. The number of ether oxygens (including phenoxy) is 1. The SMILES string of the molecule is COCc1cccc(CN)n1. The lowest BCUT2D eigenvalue weighted by Gasteiger charge is -2.00. The van der Waals surface area contributed by atoms with Crippen molar-refractivity contribution in [3.63, 3.8) is 0 Å². The van der Waals surface area contributed by atoms with Crippen LogP contribution in [0.3, 0.4) is 0 Å². The third-order valence-corrected chi connectivity index (χ3v) is 1.37. The molecule has 0 aliphatic heterocycles. The summed E-state index contributed by atoms with van der Waals surface area (Å²) in [6, 6.07) is 5.76. The van der Waals surface area contributed by atoms with Crippen LogP contribution in [0.4, 0.5) is 0 Å². The van der Waals surface area contributed by atoms with Gasteiger partial charge in [0, 0.05) is 13.7 Å². The minimum Gasteiger partial charge on any atom is -0.378 e. The van der Waals surface area contributed by atoms with Gasteiger partial charge in [-0.2, -0.15) is 0 Å². The van der Waals surface area contributed by atoms with E-state index < -0.39 is 0 Å². The number of hydrogen-bond acceptors (Lipinski definition) is 3. The van der Waals surface area contributed by atoms with Gasteiger partial charge in [-0.1, -0.05) is 6.07 Å². The second-order valence-electron chi connectivity index (χ2n) is 2.26. The van der Waals surface area contributed by atoms with Crippen molar-refractivity contribution in [3.8, 4) is 0 Å². The van der Waals surface area contributed by atoms with Crippen LogP contribution in [-0.2, 0) is 17.9 Å². The van der Waals surface area contributed by atoms with Crippen LogP contribution >= 0.6 is 0 Å². The Hall–Kier alpha value is -0.930. The number of nitrogens with zero attached hydrogens (tertiary/aromatic N) is 1. The van der Waals surface area contributed by atoms with Crippen LogP contribution in [0.1, 0.15) is 11.4 Å². The maximum atomic E-state index is 5.41. The zero-order chi connectivity index (χ0) is 8.10. The first-order chi connectivity index (χ1) is 5.36. The molecule has 60 valence electrons. The predicted molar refractivity (Wildman–Crippen MR) is 42.8 cm³/mol. The summed E-state index contributed by atoms with van der Waals surface area (Å²) in [5, 5.41) is 0. The smallest absolute Gasteiger partial charge is 0.0884 e. The molecule has 0 aliphatic rings. The molecule has 0 aromatic carbocycles. The Morgan fingerprint density at radius 3 is 2.82 bits per heavy atom. The topological polar surface area (TPSA) is 48.1 Å². The Balaban J connectivity index is 2.74. The zero-order valence-corrected chi connectivity index (χ0v) is 6.58. The lowest BCUT2D eigenvalue weighted by molar-refractivity contribution is 0.181. The van der Waals surface area contributed by atoms with Gasteiger partial charge < -0.3 is 10.5 Å². The fraction of sp³-hybridized carbons (Fsp3) is 0.375. The Bertz CT molecular complexity index is 225. The van der Waals surface area contributed by atoms with Crippen LogP contribution in [0, 0.1) is 0 Å². The summed E-state index contributed by atoms with van der Waals surface area (Å²) >= 11 is 0. The molecule has 1 aromatic heterocycles. The quantitative estimate of drug-likeness (QED) is 0.693. The fourth-order valence-corrected chi connectivity index (χ4v) is 0.871. The summed E-state index contributed by atoms with van der Waals surface area (Å²) in [6.07, 6.45) is 0. The van der Waals surface area contributed by atoms with Crippen LogP contribution in [0.15, 0.2) is 18.2 Å². The van der Waals surface area contributed by atoms with Crippen LogP contribution in [-0.4, -0.2) is 12.1 Å². The molecule has 0 bridgehead atoms. The molecule has 2 N–H and O–H groups in total. The van der Waals surface area contributed by atoms with Crippen molar-refractivity contribution in [2.45, 2.75) is 13.2 Å². The second-order valence-corrected chi connectivity index (χ2v) is 2.26. The predicted octanol–water partition coefficient (Wildman–Crippen LogP) is 0.687. The van der Waals surface area contributed by atoms with Gasteiger partial charge in [0.15, 0.2) is 0 Å². The second kappa shape index (κ2) is 4.05. The third kappa shape index (κ3) is 2.29. The molecule has 0 fully saturated rings. The van der Waals surface area contributed by atoms with Gasteiger partial charge in [-0.3, -0.25) is 4.98 Å². The molecule has 0 atom stereocenters. The normalized spacial score (nSPS) is 10.0. The van der Waals surface area contributed by atoms with Gasteiger partial charge in [-0.05, 0) is 12.1 Å². The highest BCUT2D eigenvalue weighted by Crippen LogP contribution is 1.99. The standard InChI is InChI=1S/C8H12N2O/c1-11-6-8-4-2-3-7(5-9)10-8/h2-4H,5-6,9H2,1H3. The van der Waals surface area contributed by atoms with E-state index in [1.807, 2.05) is 18.2 Å². The highest BCUT2D eigenvalue weighted by atomic mass is 16.5. The Morgan fingerprint density at radius 1 is 1.45 bits per heavy atom. The molecule has 0 amide bonds. The van der Waals surface area contributed by atoms with Gasteiger partial charge in [0.1, 0.15) is 0 Å². The molecule has 3 heteroatoms. The van der Waals surface area contributed by atoms with E-state index in [0.717, 1.165) is 11.4 Å². The molecule has 1 rings (SSSR count). The van der Waals surface area contributed by atoms with Crippen molar-refractivity contribution >= 4 is 0 Å². The van der Waals surface area contributed by atoms with Crippen LogP contribution in [0.2, 0.25) is 0 Å². The number of pyridine rings is 1. The average molecular weight is 152 g/mol. The summed E-state index contributed by atoms with van der Waals surface area (Å²) in [5.74, 6) is 0. The lowest BCUT2D eigenvalue weighted by atomic mass is 10.3. The molecular formula is C8H12N2O. The van der Waals surface area contributed by atoms with Gasteiger partial charge in [-0.15, -0.1) is 0 Å². The summed E-state index contributed by atoms with van der Waals surface area (Å²) in [5.41, 5.74) is 7.24. The minimum absolute atomic E-state index is 0.484. The van der Waals surface area contributed by atoms with Crippen LogP contribution in [0.25, 0.3) is 0 Å². The maximum absolute atomic E-state index is 5.41. The van der Waals surface area contributed by atoms with Crippen LogP contribution < -0.4 is 5.73 Å². The molecule has 1 heterocycles. The minimum atomic E-state index is 0.484. The first kappa shape index (κ1) is 8.17. The number of hydrogen-bond donors (Lipinski definition) is 1. The van der Waals surface area contributed by atoms with Crippen molar-refractivity contribution in [1.82, 2.24) is 4.98 Å². The van der Waals surface area contributed by atoms with E-state index in [0.29, 0.717) is 13.2 Å². The summed E-state index contributed by atoms with van der Waals surface area (Å²) in [6.45, 7) is 1.03.